The van der Waals surface area contributed by atoms with Crippen molar-refractivity contribution in [1.29, 1.82) is 0 Å². The molecule has 0 bridgehead atoms. The first kappa shape index (κ1) is 31.3. The van der Waals surface area contributed by atoms with Crippen LogP contribution in [0.1, 0.15) is 52.7 Å². The van der Waals surface area contributed by atoms with Gasteiger partial charge in [-0.1, -0.05) is 98.4 Å². The quantitative estimate of drug-likeness (QED) is 0.250. The predicted octanol–water partition coefficient (Wildman–Crippen LogP) is 4.90. The molecule has 0 spiro atoms. The number of nitrogens with one attached hydrogen (secondary N) is 1. The Balaban J connectivity index is 1.18. The smallest absolute Gasteiger partial charge is 0.351 e. The molecule has 6 rings (SSSR count). The largest absolute Gasteiger partial charge is 0.352 e. The highest BCUT2D eigenvalue weighted by Gasteiger charge is 2.51. The average molecular weight is 635 g/mol. The SMILES string of the molecule is CC[C@H]1O[C@@H](n2ccc(NC(=O)C(C)C)nc2=O)CC1O[P@]1O[C@H](C[Si](C)(c2ccccc2)c2ccccc2)[C@@H]2CCCN21. The highest BCUT2D eigenvalue weighted by Crippen LogP contribution is 2.58. The second kappa shape index (κ2) is 13.3. The Bertz CT molecular complexity index is 1450. The maximum atomic E-state index is 12.9. The molecule has 1 N–H and O–H groups in total. The van der Waals surface area contributed by atoms with E-state index in [0.717, 1.165) is 31.9 Å². The van der Waals surface area contributed by atoms with Crippen LogP contribution in [-0.4, -0.2) is 59.1 Å². The van der Waals surface area contributed by atoms with Crippen LogP contribution in [0.3, 0.4) is 0 Å². The maximum absolute atomic E-state index is 12.9. The molecule has 11 heteroatoms. The Morgan fingerprint density at radius 3 is 2.39 bits per heavy atom. The Hall–Kier alpha value is -2.72. The van der Waals surface area contributed by atoms with E-state index in [1.165, 1.54) is 14.9 Å². The van der Waals surface area contributed by atoms with E-state index in [2.05, 4.69) is 89.1 Å². The van der Waals surface area contributed by atoms with Crippen molar-refractivity contribution >= 4 is 38.7 Å². The fourth-order valence-electron chi connectivity index (χ4n) is 6.71. The molecule has 3 fully saturated rings. The molecule has 1 aromatic heterocycles. The molecule has 3 aliphatic heterocycles. The van der Waals surface area contributed by atoms with Gasteiger partial charge in [0.25, 0.3) is 8.53 Å². The molecule has 3 saturated heterocycles. The maximum Gasteiger partial charge on any atom is 0.351 e. The molecular formula is C33H43N4O5PSi. The van der Waals surface area contributed by atoms with Gasteiger partial charge in [-0.05, 0) is 31.4 Å². The summed E-state index contributed by atoms with van der Waals surface area (Å²) in [6.07, 6.45) is 4.44. The van der Waals surface area contributed by atoms with Gasteiger partial charge in [0.05, 0.1) is 18.3 Å². The van der Waals surface area contributed by atoms with Gasteiger partial charge in [0.15, 0.2) is 0 Å². The van der Waals surface area contributed by atoms with Crippen LogP contribution in [0.4, 0.5) is 5.82 Å². The topological polar surface area (TPSA) is 94.9 Å². The zero-order valence-corrected chi connectivity index (χ0v) is 27.9. The number of fused-ring (bicyclic) bond motifs is 1. The molecule has 3 aliphatic rings. The van der Waals surface area contributed by atoms with Crippen molar-refractivity contribution in [2.75, 3.05) is 11.9 Å². The van der Waals surface area contributed by atoms with Gasteiger partial charge in [0.1, 0.15) is 20.1 Å². The van der Waals surface area contributed by atoms with Crippen LogP contribution >= 0.6 is 8.53 Å². The van der Waals surface area contributed by atoms with Crippen LogP contribution in [0.25, 0.3) is 0 Å². The summed E-state index contributed by atoms with van der Waals surface area (Å²) < 4.78 is 24.0. The third kappa shape index (κ3) is 6.34. The molecular weight excluding hydrogens is 591 g/mol. The number of ether oxygens (including phenoxy) is 1. The fourth-order valence-corrected chi connectivity index (χ4v) is 12.7. The van der Waals surface area contributed by atoms with Crippen molar-refractivity contribution in [1.82, 2.24) is 14.2 Å². The normalized spacial score (nSPS) is 27.1. The molecule has 0 radical (unpaired) electrons. The Kier molecular flexibility index (Phi) is 9.47. The van der Waals surface area contributed by atoms with Gasteiger partial charge in [0.2, 0.25) is 5.91 Å². The van der Waals surface area contributed by atoms with E-state index in [1.807, 2.05) is 0 Å². The second-order valence-corrected chi connectivity index (χ2v) is 18.2. The first-order valence-corrected chi connectivity index (χ1v) is 19.7. The zero-order chi connectivity index (χ0) is 30.8. The molecule has 3 aromatic rings. The summed E-state index contributed by atoms with van der Waals surface area (Å²) in [5, 5.41) is 5.53. The van der Waals surface area contributed by atoms with Gasteiger partial charge in [-0.2, -0.15) is 4.98 Å². The van der Waals surface area contributed by atoms with Crippen molar-refractivity contribution in [3.63, 3.8) is 0 Å². The van der Waals surface area contributed by atoms with Crippen LogP contribution < -0.4 is 21.4 Å². The Labute approximate surface area is 261 Å². The van der Waals surface area contributed by atoms with E-state index < -0.39 is 28.5 Å². The number of carbonyl (C=O) groups excluding carboxylic acids is 1. The number of rotatable bonds is 10. The minimum absolute atomic E-state index is 0.0966. The lowest BCUT2D eigenvalue weighted by atomic mass is 10.1. The van der Waals surface area contributed by atoms with Crippen LogP contribution in [0, 0.1) is 5.92 Å². The summed E-state index contributed by atoms with van der Waals surface area (Å²) in [4.78, 5) is 29.1. The van der Waals surface area contributed by atoms with Gasteiger partial charge in [-0.15, -0.1) is 0 Å². The molecule has 1 amide bonds. The number of benzene rings is 2. The third-order valence-electron chi connectivity index (χ3n) is 9.29. The third-order valence-corrected chi connectivity index (χ3v) is 15.5. The minimum atomic E-state index is -2.10. The number of carbonyl (C=O) groups is 1. The van der Waals surface area contributed by atoms with Crippen LogP contribution in [0.15, 0.2) is 77.7 Å². The second-order valence-electron chi connectivity index (χ2n) is 12.6. The number of aromatic nitrogens is 2. The summed E-state index contributed by atoms with van der Waals surface area (Å²) in [5.41, 5.74) is -0.458. The predicted molar refractivity (Wildman–Crippen MR) is 176 cm³/mol. The zero-order valence-electron chi connectivity index (χ0n) is 26.0. The van der Waals surface area contributed by atoms with Crippen LogP contribution in [0.5, 0.6) is 0 Å². The molecule has 9 nitrogen and oxygen atoms in total. The number of anilines is 1. The fraction of sp³-hybridized carbons (Fsp3) is 0.485. The minimum Gasteiger partial charge on any atom is -0.352 e. The Morgan fingerprint density at radius 1 is 1.09 bits per heavy atom. The summed E-state index contributed by atoms with van der Waals surface area (Å²) in [5.74, 6) is -0.139. The van der Waals surface area contributed by atoms with E-state index in [4.69, 9.17) is 13.8 Å². The molecule has 6 atom stereocenters. The number of hydrogen-bond donors (Lipinski definition) is 1. The van der Waals surface area contributed by atoms with E-state index in [-0.39, 0.29) is 36.0 Å². The van der Waals surface area contributed by atoms with Crippen molar-refractivity contribution in [3.05, 3.63) is 83.4 Å². The molecule has 2 aromatic carbocycles. The van der Waals surface area contributed by atoms with E-state index >= 15 is 0 Å². The standard InChI is InChI=1S/C33H43N4O5PSi/c1-5-27-28(21-31(40-27)36-20-18-30(35-33(36)39)34-32(38)23(2)3)41-43-37-19-12-17-26(37)29(42-43)22-44(4,24-13-8-6-9-14-24)25-15-10-7-11-16-25/h6-11,13-16,18,20,23,26-29,31H,5,12,17,19,21-22H2,1-4H3,(H,34,35,38,39)/t26-,27+,28?,29+,31+,43+/m0/s1. The summed E-state index contributed by atoms with van der Waals surface area (Å²) in [7, 11) is -3.35. The lowest BCUT2D eigenvalue weighted by molar-refractivity contribution is -0.118. The molecule has 1 unspecified atom stereocenters. The number of nitrogens with zero attached hydrogens (tertiary/aromatic N) is 3. The summed E-state index contributed by atoms with van der Waals surface area (Å²) in [6, 6.07) is 24.9. The number of amides is 1. The van der Waals surface area contributed by atoms with Crippen molar-refractivity contribution in [2.24, 2.45) is 5.92 Å². The molecule has 234 valence electrons. The monoisotopic (exact) mass is 634 g/mol. The molecule has 0 aliphatic carbocycles. The van der Waals surface area contributed by atoms with Gasteiger partial charge in [0, 0.05) is 31.1 Å². The van der Waals surface area contributed by atoms with E-state index in [0.29, 0.717) is 12.5 Å². The average Bonchev–Trinajstić information content (AvgIpc) is 3.75. The highest BCUT2D eigenvalue weighted by atomic mass is 31.2. The molecule has 4 heterocycles. The highest BCUT2D eigenvalue weighted by molar-refractivity contribution is 7.45. The molecule has 44 heavy (non-hydrogen) atoms. The summed E-state index contributed by atoms with van der Waals surface area (Å²) >= 11 is 0. The first-order chi connectivity index (χ1) is 21.3. The first-order valence-electron chi connectivity index (χ1n) is 15.8. The lowest BCUT2D eigenvalue weighted by Gasteiger charge is -2.32. The van der Waals surface area contributed by atoms with Gasteiger partial charge < -0.3 is 19.1 Å². The Morgan fingerprint density at radius 2 is 1.77 bits per heavy atom. The number of hydrogen-bond acceptors (Lipinski definition) is 7. The van der Waals surface area contributed by atoms with Crippen molar-refractivity contribution in [3.8, 4) is 0 Å². The van der Waals surface area contributed by atoms with Gasteiger partial charge in [-0.25, -0.2) is 9.46 Å². The van der Waals surface area contributed by atoms with Crippen molar-refractivity contribution < 1.29 is 18.6 Å². The van der Waals surface area contributed by atoms with Crippen molar-refractivity contribution in [2.45, 2.75) is 89.6 Å². The summed E-state index contributed by atoms with van der Waals surface area (Å²) in [6.45, 7) is 9.11. The molecule has 0 saturated carbocycles. The van der Waals surface area contributed by atoms with Crippen LogP contribution in [0.2, 0.25) is 12.6 Å². The lowest BCUT2D eigenvalue weighted by Crippen LogP contribution is -2.58. The van der Waals surface area contributed by atoms with E-state index in [1.54, 1.807) is 26.1 Å². The van der Waals surface area contributed by atoms with Crippen LogP contribution in [-0.2, 0) is 18.6 Å². The van der Waals surface area contributed by atoms with E-state index in [9.17, 15) is 9.59 Å². The van der Waals surface area contributed by atoms with Gasteiger partial charge in [-0.3, -0.25) is 9.36 Å². The van der Waals surface area contributed by atoms with Gasteiger partial charge >= 0.3 is 5.69 Å².